The van der Waals surface area contributed by atoms with Crippen LogP contribution in [0, 0.1) is 0 Å². The highest BCUT2D eigenvalue weighted by Crippen LogP contribution is 2.14. The predicted molar refractivity (Wildman–Crippen MR) is 72.7 cm³/mol. The maximum absolute atomic E-state index is 5.33. The quantitative estimate of drug-likeness (QED) is 0.828. The zero-order chi connectivity index (χ0) is 12.9. The van der Waals surface area contributed by atoms with E-state index in [1.165, 1.54) is 0 Å². The van der Waals surface area contributed by atoms with Crippen molar-refractivity contribution in [3.63, 3.8) is 0 Å². The molecule has 0 saturated carbocycles. The highest BCUT2D eigenvalue weighted by atomic mass is 16.5. The monoisotopic (exact) mass is 258 g/mol. The molecular formula is C14H18N4O. The highest BCUT2D eigenvalue weighted by Gasteiger charge is 2.10. The Labute approximate surface area is 112 Å². The zero-order valence-electron chi connectivity index (χ0n) is 10.9. The topological polar surface area (TPSA) is 43.2 Å². The van der Waals surface area contributed by atoms with Gasteiger partial charge in [-0.25, -0.2) is 0 Å². The minimum Gasteiger partial charge on any atom is -0.379 e. The molecule has 0 N–H and O–H groups in total. The first-order valence-electron chi connectivity index (χ1n) is 6.67. The van der Waals surface area contributed by atoms with Crippen molar-refractivity contribution in [1.29, 1.82) is 0 Å². The van der Waals surface area contributed by atoms with E-state index in [1.807, 2.05) is 24.4 Å². The Balaban J connectivity index is 1.59. The average Bonchev–Trinajstić information content (AvgIpc) is 2.96. The maximum atomic E-state index is 5.33. The van der Waals surface area contributed by atoms with E-state index in [1.54, 1.807) is 4.80 Å². The third kappa shape index (κ3) is 3.19. The fourth-order valence-electron chi connectivity index (χ4n) is 2.20. The van der Waals surface area contributed by atoms with Gasteiger partial charge in [0.2, 0.25) is 0 Å². The first-order valence-corrected chi connectivity index (χ1v) is 6.67. The summed E-state index contributed by atoms with van der Waals surface area (Å²) >= 11 is 0. The second-order valence-electron chi connectivity index (χ2n) is 4.65. The lowest BCUT2D eigenvalue weighted by atomic mass is 10.2. The number of ether oxygens (including phenoxy) is 1. The molecule has 0 atom stereocenters. The average molecular weight is 258 g/mol. The van der Waals surface area contributed by atoms with Crippen LogP contribution in [0.1, 0.15) is 0 Å². The standard InChI is InChI=1S/C14H18N4O/c1-2-4-13(5-3-1)14-12-15-18(16-14)7-6-17-8-10-19-11-9-17/h1-5,12H,6-11H2. The summed E-state index contributed by atoms with van der Waals surface area (Å²) in [5, 5.41) is 8.84. The van der Waals surface area contributed by atoms with Crippen LogP contribution in [0.3, 0.4) is 0 Å². The first-order chi connectivity index (χ1) is 9.42. The van der Waals surface area contributed by atoms with Gasteiger partial charge in [-0.05, 0) is 0 Å². The summed E-state index contributed by atoms with van der Waals surface area (Å²) in [6.07, 6.45) is 1.83. The van der Waals surface area contributed by atoms with E-state index in [4.69, 9.17) is 4.74 Å². The number of hydrogen-bond acceptors (Lipinski definition) is 4. The summed E-state index contributed by atoms with van der Waals surface area (Å²) < 4.78 is 5.33. The van der Waals surface area contributed by atoms with Crippen molar-refractivity contribution < 1.29 is 4.74 Å². The molecule has 2 aromatic rings. The molecular weight excluding hydrogens is 240 g/mol. The van der Waals surface area contributed by atoms with E-state index in [0.29, 0.717) is 0 Å². The van der Waals surface area contributed by atoms with Gasteiger partial charge in [0.15, 0.2) is 0 Å². The van der Waals surface area contributed by atoms with Gasteiger partial charge in [0.25, 0.3) is 0 Å². The molecule has 5 nitrogen and oxygen atoms in total. The molecule has 0 bridgehead atoms. The normalized spacial score (nSPS) is 16.6. The zero-order valence-corrected chi connectivity index (χ0v) is 10.9. The van der Waals surface area contributed by atoms with Gasteiger partial charge in [0.05, 0.1) is 26.0 Å². The maximum Gasteiger partial charge on any atom is 0.113 e. The molecule has 1 aromatic heterocycles. The SMILES string of the molecule is c1ccc(-c2cnn(CCN3CCOCC3)n2)cc1. The molecule has 0 spiro atoms. The summed E-state index contributed by atoms with van der Waals surface area (Å²) in [7, 11) is 0. The highest BCUT2D eigenvalue weighted by molar-refractivity contribution is 5.56. The molecule has 1 saturated heterocycles. The van der Waals surface area contributed by atoms with Crippen molar-refractivity contribution in [3.8, 4) is 11.3 Å². The van der Waals surface area contributed by atoms with Gasteiger partial charge in [0.1, 0.15) is 5.69 Å². The lowest BCUT2D eigenvalue weighted by Crippen LogP contribution is -2.38. The van der Waals surface area contributed by atoms with Crippen LogP contribution < -0.4 is 0 Å². The summed E-state index contributed by atoms with van der Waals surface area (Å²) in [6.45, 7) is 5.49. The summed E-state index contributed by atoms with van der Waals surface area (Å²) in [6, 6.07) is 10.1. The molecule has 1 aliphatic rings. The van der Waals surface area contributed by atoms with Gasteiger partial charge >= 0.3 is 0 Å². The largest absolute Gasteiger partial charge is 0.379 e. The first kappa shape index (κ1) is 12.3. The van der Waals surface area contributed by atoms with Crippen molar-refractivity contribution in [1.82, 2.24) is 19.9 Å². The lowest BCUT2D eigenvalue weighted by Gasteiger charge is -2.26. The van der Waals surface area contributed by atoms with E-state index >= 15 is 0 Å². The molecule has 5 heteroatoms. The van der Waals surface area contributed by atoms with E-state index < -0.39 is 0 Å². The van der Waals surface area contributed by atoms with Gasteiger partial charge in [-0.3, -0.25) is 4.90 Å². The van der Waals surface area contributed by atoms with Crippen LogP contribution in [0.25, 0.3) is 11.3 Å². The third-order valence-electron chi connectivity index (χ3n) is 3.33. The van der Waals surface area contributed by atoms with Gasteiger partial charge in [-0.2, -0.15) is 15.0 Å². The van der Waals surface area contributed by atoms with Crippen molar-refractivity contribution >= 4 is 0 Å². The molecule has 100 valence electrons. The second-order valence-corrected chi connectivity index (χ2v) is 4.65. The van der Waals surface area contributed by atoms with E-state index in [0.717, 1.165) is 50.7 Å². The number of hydrogen-bond donors (Lipinski definition) is 0. The third-order valence-corrected chi connectivity index (χ3v) is 3.33. The van der Waals surface area contributed by atoms with Gasteiger partial charge in [-0.1, -0.05) is 30.3 Å². The summed E-state index contributed by atoms with van der Waals surface area (Å²) in [5.74, 6) is 0. The Morgan fingerprint density at radius 1 is 1.05 bits per heavy atom. The van der Waals surface area contributed by atoms with Crippen molar-refractivity contribution in [2.75, 3.05) is 32.8 Å². The Hall–Kier alpha value is -1.72. The van der Waals surface area contributed by atoms with Gasteiger partial charge in [-0.15, -0.1) is 0 Å². The number of nitrogens with zero attached hydrogens (tertiary/aromatic N) is 4. The van der Waals surface area contributed by atoms with Crippen LogP contribution >= 0.6 is 0 Å². The Morgan fingerprint density at radius 3 is 2.63 bits per heavy atom. The predicted octanol–water partition coefficient (Wildman–Crippen LogP) is 1.28. The van der Waals surface area contributed by atoms with E-state index in [-0.39, 0.29) is 0 Å². The number of rotatable bonds is 4. The van der Waals surface area contributed by atoms with Crippen molar-refractivity contribution in [2.45, 2.75) is 6.54 Å². The van der Waals surface area contributed by atoms with Crippen LogP contribution in [0.15, 0.2) is 36.5 Å². The summed E-state index contributed by atoms with van der Waals surface area (Å²) in [4.78, 5) is 4.16. The molecule has 1 fully saturated rings. The molecule has 0 radical (unpaired) electrons. The second kappa shape index (κ2) is 5.95. The van der Waals surface area contributed by atoms with Crippen LogP contribution in [0.4, 0.5) is 0 Å². The molecule has 2 heterocycles. The Kier molecular flexibility index (Phi) is 3.86. The fraction of sp³-hybridized carbons (Fsp3) is 0.429. The van der Waals surface area contributed by atoms with Gasteiger partial charge in [0, 0.05) is 25.2 Å². The molecule has 0 aliphatic carbocycles. The fourth-order valence-corrected chi connectivity index (χ4v) is 2.20. The minimum absolute atomic E-state index is 0.826. The molecule has 0 amide bonds. The number of morpholine rings is 1. The molecule has 19 heavy (non-hydrogen) atoms. The Morgan fingerprint density at radius 2 is 1.84 bits per heavy atom. The Bertz CT molecular complexity index is 505. The smallest absolute Gasteiger partial charge is 0.113 e. The molecule has 1 aliphatic heterocycles. The number of aromatic nitrogens is 3. The van der Waals surface area contributed by atoms with Crippen molar-refractivity contribution in [2.24, 2.45) is 0 Å². The summed E-state index contributed by atoms with van der Waals surface area (Å²) in [5.41, 5.74) is 2.04. The van der Waals surface area contributed by atoms with Crippen molar-refractivity contribution in [3.05, 3.63) is 36.5 Å². The van der Waals surface area contributed by atoms with Crippen LogP contribution in [-0.2, 0) is 11.3 Å². The van der Waals surface area contributed by atoms with Crippen LogP contribution in [0.5, 0.6) is 0 Å². The number of benzene rings is 1. The minimum atomic E-state index is 0.826. The van der Waals surface area contributed by atoms with Crippen LogP contribution in [-0.4, -0.2) is 52.7 Å². The van der Waals surface area contributed by atoms with E-state index in [9.17, 15) is 0 Å². The van der Waals surface area contributed by atoms with Crippen LogP contribution in [0.2, 0.25) is 0 Å². The lowest BCUT2D eigenvalue weighted by molar-refractivity contribution is 0.0354. The molecule has 3 rings (SSSR count). The van der Waals surface area contributed by atoms with E-state index in [2.05, 4.69) is 27.2 Å². The molecule has 0 unspecified atom stereocenters. The van der Waals surface area contributed by atoms with Gasteiger partial charge < -0.3 is 4.74 Å². The molecule has 1 aromatic carbocycles.